The van der Waals surface area contributed by atoms with Crippen LogP contribution in [-0.4, -0.2) is 22.6 Å². The number of nitrogens with zero attached hydrogens (tertiary/aromatic N) is 2. The maximum Gasteiger partial charge on any atom is 0.109 e. The fourth-order valence-corrected chi connectivity index (χ4v) is 2.51. The molecule has 3 nitrogen and oxygen atoms in total. The first-order valence-electron chi connectivity index (χ1n) is 7.64. The predicted octanol–water partition coefficient (Wildman–Crippen LogP) is 3.42. The van der Waals surface area contributed by atoms with E-state index in [2.05, 4.69) is 65.2 Å². The number of nitrogens with one attached hydrogen (secondary N) is 1. The van der Waals surface area contributed by atoms with Gasteiger partial charge in [0.1, 0.15) is 5.82 Å². The molecule has 2 rings (SSSR count). The molecule has 0 bridgehead atoms. The third-order valence-electron chi connectivity index (χ3n) is 3.51. The number of rotatable bonds is 8. The zero-order chi connectivity index (χ0) is 14.2. The highest BCUT2D eigenvalue weighted by Crippen LogP contribution is 2.20. The van der Waals surface area contributed by atoms with E-state index in [0.717, 1.165) is 32.4 Å². The van der Waals surface area contributed by atoms with Crippen LogP contribution in [0.5, 0.6) is 0 Å². The van der Waals surface area contributed by atoms with Crippen LogP contribution in [0.2, 0.25) is 0 Å². The molecule has 1 aromatic heterocycles. The summed E-state index contributed by atoms with van der Waals surface area (Å²) in [7, 11) is 0. The molecule has 0 saturated carbocycles. The Morgan fingerprint density at radius 2 is 1.95 bits per heavy atom. The summed E-state index contributed by atoms with van der Waals surface area (Å²) < 4.78 is 2.32. The number of imidazole rings is 1. The van der Waals surface area contributed by atoms with Crippen LogP contribution in [0.4, 0.5) is 0 Å². The summed E-state index contributed by atoms with van der Waals surface area (Å²) in [5.74, 6) is 1.18. The minimum atomic E-state index is 0.326. The number of hydrogen-bond donors (Lipinski definition) is 1. The van der Waals surface area contributed by atoms with Gasteiger partial charge < -0.3 is 9.88 Å². The summed E-state index contributed by atoms with van der Waals surface area (Å²) in [5, 5.41) is 3.54. The third kappa shape index (κ3) is 3.70. The van der Waals surface area contributed by atoms with E-state index >= 15 is 0 Å². The zero-order valence-electron chi connectivity index (χ0n) is 12.5. The molecule has 0 saturated heterocycles. The molecule has 1 unspecified atom stereocenters. The van der Waals surface area contributed by atoms with Crippen molar-refractivity contribution in [1.29, 1.82) is 0 Å². The van der Waals surface area contributed by atoms with Crippen molar-refractivity contribution in [2.24, 2.45) is 0 Å². The van der Waals surface area contributed by atoms with Gasteiger partial charge in [0.05, 0.1) is 6.04 Å². The molecule has 1 aromatic carbocycles. The fraction of sp³-hybridized carbons (Fsp3) is 0.471. The van der Waals surface area contributed by atoms with Crippen molar-refractivity contribution >= 4 is 0 Å². The first kappa shape index (κ1) is 14.8. The Kier molecular flexibility index (Phi) is 5.81. The van der Waals surface area contributed by atoms with Gasteiger partial charge in [-0.1, -0.05) is 44.2 Å². The van der Waals surface area contributed by atoms with Crippen molar-refractivity contribution in [2.45, 2.75) is 39.2 Å². The SMILES string of the molecule is CCCNCC(c1ccccc1)n1ccnc1CCC. The second-order valence-corrected chi connectivity index (χ2v) is 5.13. The summed E-state index contributed by atoms with van der Waals surface area (Å²) >= 11 is 0. The summed E-state index contributed by atoms with van der Waals surface area (Å²) in [5.41, 5.74) is 1.34. The minimum Gasteiger partial charge on any atom is -0.326 e. The van der Waals surface area contributed by atoms with Gasteiger partial charge in [-0.2, -0.15) is 0 Å². The van der Waals surface area contributed by atoms with Crippen molar-refractivity contribution in [2.75, 3.05) is 13.1 Å². The van der Waals surface area contributed by atoms with Gasteiger partial charge in [0.15, 0.2) is 0 Å². The van der Waals surface area contributed by atoms with Crippen LogP contribution in [0.25, 0.3) is 0 Å². The standard InChI is InChI=1S/C17H25N3/c1-3-8-17-19-12-13-20(17)16(14-18-11-4-2)15-9-6-5-7-10-15/h5-7,9-10,12-13,16,18H,3-4,8,11,14H2,1-2H3. The second kappa shape index (κ2) is 7.85. The highest BCUT2D eigenvalue weighted by molar-refractivity contribution is 5.21. The Morgan fingerprint density at radius 1 is 1.15 bits per heavy atom. The average Bonchev–Trinajstić information content (AvgIpc) is 2.93. The van der Waals surface area contributed by atoms with Crippen molar-refractivity contribution in [3.63, 3.8) is 0 Å². The van der Waals surface area contributed by atoms with Gasteiger partial charge in [0.25, 0.3) is 0 Å². The van der Waals surface area contributed by atoms with E-state index in [1.165, 1.54) is 11.4 Å². The fourth-order valence-electron chi connectivity index (χ4n) is 2.51. The monoisotopic (exact) mass is 271 g/mol. The van der Waals surface area contributed by atoms with E-state index in [0.29, 0.717) is 6.04 Å². The number of aryl methyl sites for hydroxylation is 1. The van der Waals surface area contributed by atoms with E-state index < -0.39 is 0 Å². The lowest BCUT2D eigenvalue weighted by Crippen LogP contribution is -2.27. The summed E-state index contributed by atoms with van der Waals surface area (Å²) in [6, 6.07) is 11.0. The molecule has 0 spiro atoms. The molecule has 0 aliphatic heterocycles. The van der Waals surface area contributed by atoms with E-state index in [-0.39, 0.29) is 0 Å². The van der Waals surface area contributed by atoms with E-state index in [4.69, 9.17) is 0 Å². The molecule has 1 N–H and O–H groups in total. The van der Waals surface area contributed by atoms with Crippen molar-refractivity contribution in [1.82, 2.24) is 14.9 Å². The third-order valence-corrected chi connectivity index (χ3v) is 3.51. The van der Waals surface area contributed by atoms with Crippen LogP contribution in [0, 0.1) is 0 Å². The maximum absolute atomic E-state index is 4.52. The van der Waals surface area contributed by atoms with Gasteiger partial charge in [-0.3, -0.25) is 0 Å². The van der Waals surface area contributed by atoms with Crippen LogP contribution in [0.1, 0.15) is 44.1 Å². The van der Waals surface area contributed by atoms with Gasteiger partial charge in [0.2, 0.25) is 0 Å². The minimum absolute atomic E-state index is 0.326. The second-order valence-electron chi connectivity index (χ2n) is 5.13. The molecule has 0 aliphatic rings. The highest BCUT2D eigenvalue weighted by atomic mass is 15.1. The Morgan fingerprint density at radius 3 is 2.65 bits per heavy atom. The van der Waals surface area contributed by atoms with Crippen LogP contribution in [-0.2, 0) is 6.42 Å². The van der Waals surface area contributed by atoms with Crippen molar-refractivity contribution < 1.29 is 0 Å². The van der Waals surface area contributed by atoms with Gasteiger partial charge in [-0.15, -0.1) is 0 Å². The Labute approximate surface area is 122 Å². The summed E-state index contributed by atoms with van der Waals surface area (Å²) in [6.45, 7) is 6.40. The lowest BCUT2D eigenvalue weighted by molar-refractivity contribution is 0.503. The van der Waals surface area contributed by atoms with Crippen molar-refractivity contribution in [3.05, 3.63) is 54.1 Å². The molecule has 0 radical (unpaired) electrons. The van der Waals surface area contributed by atoms with Crippen molar-refractivity contribution in [3.8, 4) is 0 Å². The van der Waals surface area contributed by atoms with Gasteiger partial charge in [-0.05, 0) is 24.9 Å². The molecule has 1 heterocycles. The smallest absolute Gasteiger partial charge is 0.109 e. The number of aromatic nitrogens is 2. The maximum atomic E-state index is 4.52. The topological polar surface area (TPSA) is 29.9 Å². The van der Waals surface area contributed by atoms with Gasteiger partial charge in [0, 0.05) is 25.4 Å². The molecule has 0 aliphatic carbocycles. The van der Waals surface area contributed by atoms with Crippen LogP contribution < -0.4 is 5.32 Å². The molecule has 3 heteroatoms. The Bertz CT molecular complexity index is 490. The lowest BCUT2D eigenvalue weighted by atomic mass is 10.1. The molecule has 0 fully saturated rings. The molecule has 1 atom stereocenters. The number of hydrogen-bond acceptors (Lipinski definition) is 2. The first-order chi connectivity index (χ1) is 9.86. The quantitative estimate of drug-likeness (QED) is 0.746. The Balaban J connectivity index is 2.23. The normalized spacial score (nSPS) is 12.5. The number of benzene rings is 1. The van der Waals surface area contributed by atoms with Gasteiger partial charge in [-0.25, -0.2) is 4.98 Å². The van der Waals surface area contributed by atoms with E-state index in [1.807, 2.05) is 6.20 Å². The molecular weight excluding hydrogens is 246 g/mol. The molecule has 0 amide bonds. The first-order valence-corrected chi connectivity index (χ1v) is 7.64. The van der Waals surface area contributed by atoms with Gasteiger partial charge >= 0.3 is 0 Å². The summed E-state index contributed by atoms with van der Waals surface area (Å²) in [4.78, 5) is 4.52. The molecule has 2 aromatic rings. The van der Waals surface area contributed by atoms with Crippen LogP contribution in [0.15, 0.2) is 42.7 Å². The Hall–Kier alpha value is -1.61. The zero-order valence-corrected chi connectivity index (χ0v) is 12.5. The van der Waals surface area contributed by atoms with Crippen LogP contribution in [0.3, 0.4) is 0 Å². The predicted molar refractivity (Wildman–Crippen MR) is 84.0 cm³/mol. The largest absolute Gasteiger partial charge is 0.326 e. The highest BCUT2D eigenvalue weighted by Gasteiger charge is 2.15. The van der Waals surface area contributed by atoms with Crippen LogP contribution >= 0.6 is 0 Å². The average molecular weight is 271 g/mol. The van der Waals surface area contributed by atoms with E-state index in [9.17, 15) is 0 Å². The summed E-state index contributed by atoms with van der Waals surface area (Å²) in [6.07, 6.45) is 7.34. The van der Waals surface area contributed by atoms with E-state index in [1.54, 1.807) is 0 Å². The molecule has 108 valence electrons. The molecule has 20 heavy (non-hydrogen) atoms. The molecular formula is C17H25N3. The lowest BCUT2D eigenvalue weighted by Gasteiger charge is -2.22.